The van der Waals surface area contributed by atoms with Gasteiger partial charge >= 0.3 is 0 Å². The molecule has 28 heavy (non-hydrogen) atoms. The second-order valence-electron chi connectivity index (χ2n) is 8.01. The summed E-state index contributed by atoms with van der Waals surface area (Å²) in [5, 5.41) is 0.452. The Labute approximate surface area is 171 Å². The lowest BCUT2D eigenvalue weighted by molar-refractivity contribution is -0.133. The van der Waals surface area contributed by atoms with Crippen molar-refractivity contribution in [3.63, 3.8) is 0 Å². The van der Waals surface area contributed by atoms with E-state index in [9.17, 15) is 4.79 Å². The summed E-state index contributed by atoms with van der Waals surface area (Å²) in [5.74, 6) is 2.45. The standard InChI is InChI=1S/C23H27NO3S/c1-23(2)15-18-9-6-10-19(22(18)27-23)26-16-21(25)24-12-11-20(28-14-13-24)17-7-4-3-5-8-17/h3-10,20H,11-16H2,1-2H3. The van der Waals surface area contributed by atoms with Crippen LogP contribution in [0.5, 0.6) is 11.5 Å². The average molecular weight is 398 g/mol. The van der Waals surface area contributed by atoms with Crippen LogP contribution in [-0.4, -0.2) is 41.9 Å². The summed E-state index contributed by atoms with van der Waals surface area (Å²) in [4.78, 5) is 14.7. The Kier molecular flexibility index (Phi) is 5.54. The Bertz CT molecular complexity index is 837. The van der Waals surface area contributed by atoms with E-state index >= 15 is 0 Å². The molecule has 2 aliphatic rings. The van der Waals surface area contributed by atoms with Gasteiger partial charge in [-0.05, 0) is 31.9 Å². The van der Waals surface area contributed by atoms with Gasteiger partial charge in [0, 0.05) is 36.1 Å². The highest BCUT2D eigenvalue weighted by Gasteiger charge is 2.32. The molecule has 2 aromatic rings. The molecule has 2 aromatic carbocycles. The lowest BCUT2D eigenvalue weighted by Crippen LogP contribution is -2.36. The summed E-state index contributed by atoms with van der Waals surface area (Å²) in [6.45, 7) is 5.73. The van der Waals surface area contributed by atoms with Crippen LogP contribution in [0.15, 0.2) is 48.5 Å². The molecule has 0 saturated carbocycles. The molecule has 1 unspecified atom stereocenters. The summed E-state index contributed by atoms with van der Waals surface area (Å²) in [6, 6.07) is 16.5. The molecule has 4 nitrogen and oxygen atoms in total. The van der Waals surface area contributed by atoms with Gasteiger partial charge in [-0.15, -0.1) is 0 Å². The molecule has 2 heterocycles. The number of ether oxygens (including phenoxy) is 2. The maximum atomic E-state index is 12.7. The number of carbonyl (C=O) groups excluding carboxylic acids is 1. The highest BCUT2D eigenvalue weighted by molar-refractivity contribution is 7.99. The SMILES string of the molecule is CC1(C)Cc2cccc(OCC(=O)N3CCSC(c4ccccc4)CC3)c2O1. The molecule has 0 radical (unpaired) electrons. The van der Waals surface area contributed by atoms with Crippen LogP contribution in [0.1, 0.15) is 36.6 Å². The molecule has 1 fully saturated rings. The van der Waals surface area contributed by atoms with Crippen molar-refractivity contribution in [3.05, 3.63) is 59.7 Å². The van der Waals surface area contributed by atoms with Crippen molar-refractivity contribution < 1.29 is 14.3 Å². The number of carbonyl (C=O) groups is 1. The summed E-state index contributed by atoms with van der Waals surface area (Å²) < 4.78 is 11.9. The number of benzene rings is 2. The Morgan fingerprint density at radius 2 is 2.00 bits per heavy atom. The summed E-state index contributed by atoms with van der Waals surface area (Å²) >= 11 is 1.93. The maximum Gasteiger partial charge on any atom is 0.260 e. The van der Waals surface area contributed by atoms with Gasteiger partial charge < -0.3 is 14.4 Å². The Hall–Kier alpha value is -2.14. The van der Waals surface area contributed by atoms with Crippen molar-refractivity contribution in [3.8, 4) is 11.5 Å². The molecule has 4 rings (SSSR count). The molecular weight excluding hydrogens is 370 g/mol. The fourth-order valence-electron chi connectivity index (χ4n) is 3.89. The third-order valence-corrected chi connectivity index (χ3v) is 6.60. The van der Waals surface area contributed by atoms with Crippen LogP contribution in [0.2, 0.25) is 0 Å². The van der Waals surface area contributed by atoms with E-state index in [1.54, 1.807) is 0 Å². The zero-order valence-corrected chi connectivity index (χ0v) is 17.3. The highest BCUT2D eigenvalue weighted by Crippen LogP contribution is 2.41. The summed E-state index contributed by atoms with van der Waals surface area (Å²) in [7, 11) is 0. The van der Waals surface area contributed by atoms with Crippen molar-refractivity contribution in [1.29, 1.82) is 0 Å². The van der Waals surface area contributed by atoms with Gasteiger partial charge in [-0.3, -0.25) is 4.79 Å². The number of hydrogen-bond donors (Lipinski definition) is 0. The first-order valence-corrected chi connectivity index (χ1v) is 10.9. The quantitative estimate of drug-likeness (QED) is 0.762. The smallest absolute Gasteiger partial charge is 0.260 e. The molecular formula is C23H27NO3S. The Balaban J connectivity index is 1.35. The third kappa shape index (κ3) is 4.30. The second kappa shape index (κ2) is 8.08. The van der Waals surface area contributed by atoms with E-state index in [-0.39, 0.29) is 18.1 Å². The predicted molar refractivity (Wildman–Crippen MR) is 113 cm³/mol. The van der Waals surface area contributed by atoms with Crippen molar-refractivity contribution in [2.45, 2.75) is 37.5 Å². The van der Waals surface area contributed by atoms with Gasteiger partial charge in [-0.2, -0.15) is 11.8 Å². The molecule has 1 saturated heterocycles. The van der Waals surface area contributed by atoms with Gasteiger partial charge in [0.15, 0.2) is 18.1 Å². The largest absolute Gasteiger partial charge is 0.483 e. The van der Waals surface area contributed by atoms with E-state index < -0.39 is 0 Å². The van der Waals surface area contributed by atoms with E-state index in [2.05, 4.69) is 44.2 Å². The van der Waals surface area contributed by atoms with Gasteiger partial charge in [0.1, 0.15) is 5.60 Å². The van der Waals surface area contributed by atoms with Gasteiger partial charge in [-0.25, -0.2) is 0 Å². The molecule has 0 N–H and O–H groups in total. The first-order valence-electron chi connectivity index (χ1n) is 9.90. The lowest BCUT2D eigenvalue weighted by atomic mass is 10.0. The molecule has 0 bridgehead atoms. The average Bonchev–Trinajstić information content (AvgIpc) is 2.86. The topological polar surface area (TPSA) is 38.8 Å². The lowest BCUT2D eigenvalue weighted by Gasteiger charge is -2.21. The van der Waals surface area contributed by atoms with Crippen LogP contribution >= 0.6 is 11.8 Å². The molecule has 148 valence electrons. The zero-order chi connectivity index (χ0) is 19.6. The van der Waals surface area contributed by atoms with E-state index in [1.807, 2.05) is 34.9 Å². The molecule has 0 aromatic heterocycles. The third-order valence-electron chi connectivity index (χ3n) is 5.27. The van der Waals surface area contributed by atoms with E-state index in [0.29, 0.717) is 11.0 Å². The first-order chi connectivity index (χ1) is 13.5. The van der Waals surface area contributed by atoms with Crippen LogP contribution in [0.3, 0.4) is 0 Å². The normalized spacial score (nSPS) is 20.8. The zero-order valence-electron chi connectivity index (χ0n) is 16.5. The van der Waals surface area contributed by atoms with Crippen molar-refractivity contribution in [2.75, 3.05) is 25.4 Å². The number of amides is 1. The molecule has 1 atom stereocenters. The Morgan fingerprint density at radius 3 is 2.82 bits per heavy atom. The molecule has 0 aliphatic carbocycles. The minimum Gasteiger partial charge on any atom is -0.483 e. The fraction of sp³-hybridized carbons (Fsp3) is 0.435. The predicted octanol–water partition coefficient (Wildman–Crippen LogP) is 4.49. The van der Waals surface area contributed by atoms with Crippen LogP contribution in [0.25, 0.3) is 0 Å². The van der Waals surface area contributed by atoms with Gasteiger partial charge in [-0.1, -0.05) is 42.5 Å². The number of hydrogen-bond acceptors (Lipinski definition) is 4. The van der Waals surface area contributed by atoms with Gasteiger partial charge in [0.25, 0.3) is 5.91 Å². The number of thioether (sulfide) groups is 1. The molecule has 0 spiro atoms. The van der Waals surface area contributed by atoms with Gasteiger partial charge in [0.2, 0.25) is 0 Å². The van der Waals surface area contributed by atoms with Crippen molar-refractivity contribution >= 4 is 17.7 Å². The highest BCUT2D eigenvalue weighted by atomic mass is 32.2. The second-order valence-corrected chi connectivity index (χ2v) is 9.32. The maximum absolute atomic E-state index is 12.7. The van der Waals surface area contributed by atoms with Gasteiger partial charge in [0.05, 0.1) is 0 Å². The molecule has 5 heteroatoms. The number of rotatable bonds is 4. The first kappa shape index (κ1) is 19.2. The molecule has 1 amide bonds. The Morgan fingerprint density at radius 1 is 1.18 bits per heavy atom. The summed E-state index contributed by atoms with van der Waals surface area (Å²) in [5.41, 5.74) is 2.27. The van der Waals surface area contributed by atoms with E-state index in [4.69, 9.17) is 9.47 Å². The van der Waals surface area contributed by atoms with Crippen molar-refractivity contribution in [1.82, 2.24) is 4.90 Å². The fourth-order valence-corrected chi connectivity index (χ4v) is 5.12. The van der Waals surface area contributed by atoms with E-state index in [0.717, 1.165) is 43.0 Å². The number of nitrogens with zero attached hydrogens (tertiary/aromatic N) is 1. The van der Waals surface area contributed by atoms with Crippen LogP contribution < -0.4 is 9.47 Å². The van der Waals surface area contributed by atoms with Crippen LogP contribution in [-0.2, 0) is 11.2 Å². The monoisotopic (exact) mass is 397 g/mol. The van der Waals surface area contributed by atoms with Crippen LogP contribution in [0.4, 0.5) is 0 Å². The number of para-hydroxylation sites is 1. The minimum absolute atomic E-state index is 0.0455. The van der Waals surface area contributed by atoms with Crippen LogP contribution in [0, 0.1) is 0 Å². The summed E-state index contributed by atoms with van der Waals surface area (Å²) in [6.07, 6.45) is 1.83. The van der Waals surface area contributed by atoms with Crippen molar-refractivity contribution in [2.24, 2.45) is 0 Å². The number of fused-ring (bicyclic) bond motifs is 1. The molecule has 2 aliphatic heterocycles. The van der Waals surface area contributed by atoms with E-state index in [1.165, 1.54) is 5.56 Å². The minimum atomic E-state index is -0.222.